The van der Waals surface area contributed by atoms with Crippen LogP contribution in [0.3, 0.4) is 0 Å². The fourth-order valence-corrected chi connectivity index (χ4v) is 4.31. The predicted octanol–water partition coefficient (Wildman–Crippen LogP) is 3.95. The highest BCUT2D eigenvalue weighted by Crippen LogP contribution is 2.23. The Morgan fingerprint density at radius 2 is 2.00 bits per heavy atom. The lowest BCUT2D eigenvalue weighted by atomic mass is 10.1. The van der Waals surface area contributed by atoms with E-state index in [2.05, 4.69) is 36.4 Å². The molecule has 8 heteroatoms. The second-order valence-electron chi connectivity index (χ2n) is 6.17. The van der Waals surface area contributed by atoms with Crippen molar-refractivity contribution in [1.29, 1.82) is 0 Å². The summed E-state index contributed by atoms with van der Waals surface area (Å²) in [7, 11) is 0. The lowest BCUT2D eigenvalue weighted by Crippen LogP contribution is -2.31. The monoisotopic (exact) mass is 441 g/mol. The van der Waals surface area contributed by atoms with Gasteiger partial charge in [-0.1, -0.05) is 42.1 Å². The summed E-state index contributed by atoms with van der Waals surface area (Å²) >= 11 is 4.97. The molecule has 2 aromatic heterocycles. The van der Waals surface area contributed by atoms with Gasteiger partial charge in [0.15, 0.2) is 10.8 Å². The maximum atomic E-state index is 12.9. The molecule has 0 atom stereocenters. The van der Waals surface area contributed by atoms with Gasteiger partial charge < -0.3 is 0 Å². The minimum absolute atomic E-state index is 0.248. The molecule has 27 heavy (non-hydrogen) atoms. The first kappa shape index (κ1) is 17.9. The SMILES string of the molecule is Cc1cc(Br)c2nc(C)c(C(=O)NC3=NN=C(c4ccccc4)CS3)n2c1. The molecule has 3 aromatic rings. The van der Waals surface area contributed by atoms with Crippen molar-refractivity contribution in [2.45, 2.75) is 13.8 Å². The number of amidine groups is 1. The Balaban J connectivity index is 1.60. The minimum Gasteiger partial charge on any atom is -0.298 e. The first-order valence-corrected chi connectivity index (χ1v) is 10.1. The quantitative estimate of drug-likeness (QED) is 0.654. The second-order valence-corrected chi connectivity index (χ2v) is 7.98. The number of amides is 1. The predicted molar refractivity (Wildman–Crippen MR) is 113 cm³/mol. The molecule has 1 aliphatic rings. The number of nitrogens with zero attached hydrogens (tertiary/aromatic N) is 4. The summed E-state index contributed by atoms with van der Waals surface area (Å²) in [5.74, 6) is 0.405. The Bertz CT molecular complexity index is 1100. The number of hydrogen-bond acceptors (Lipinski definition) is 5. The van der Waals surface area contributed by atoms with Crippen molar-refractivity contribution in [1.82, 2.24) is 14.7 Å². The van der Waals surface area contributed by atoms with Crippen LogP contribution in [0.4, 0.5) is 0 Å². The summed E-state index contributed by atoms with van der Waals surface area (Å²) < 4.78 is 2.66. The van der Waals surface area contributed by atoms with Crippen LogP contribution in [0, 0.1) is 13.8 Å². The molecule has 4 rings (SSSR count). The number of benzene rings is 1. The third-order valence-corrected chi connectivity index (χ3v) is 5.59. The number of thioether (sulfide) groups is 1. The van der Waals surface area contributed by atoms with E-state index in [1.807, 2.05) is 56.4 Å². The Morgan fingerprint density at radius 3 is 2.70 bits per heavy atom. The smallest absolute Gasteiger partial charge is 0.276 e. The molecule has 1 amide bonds. The largest absolute Gasteiger partial charge is 0.298 e. The van der Waals surface area contributed by atoms with Crippen molar-refractivity contribution in [3.63, 3.8) is 0 Å². The Kier molecular flexibility index (Phi) is 4.84. The lowest BCUT2D eigenvalue weighted by molar-refractivity contribution is 0.0971. The lowest BCUT2D eigenvalue weighted by Gasteiger charge is -2.13. The molecule has 0 unspecified atom stereocenters. The number of rotatable bonds is 2. The first-order chi connectivity index (χ1) is 13.0. The van der Waals surface area contributed by atoms with E-state index in [1.54, 1.807) is 4.40 Å². The second kappa shape index (κ2) is 7.28. The number of carbonyl (C=O) groups excluding carboxylic acids is 1. The zero-order valence-corrected chi connectivity index (χ0v) is 17.1. The summed E-state index contributed by atoms with van der Waals surface area (Å²) in [6.07, 6.45) is 1.90. The van der Waals surface area contributed by atoms with Gasteiger partial charge in [0.1, 0.15) is 5.69 Å². The zero-order chi connectivity index (χ0) is 19.0. The van der Waals surface area contributed by atoms with Gasteiger partial charge in [-0.25, -0.2) is 4.98 Å². The van der Waals surface area contributed by atoms with Crippen LogP contribution in [0.2, 0.25) is 0 Å². The Morgan fingerprint density at radius 1 is 1.22 bits per heavy atom. The van der Waals surface area contributed by atoms with Crippen LogP contribution >= 0.6 is 27.7 Å². The normalized spacial score (nSPS) is 14.0. The Hall–Kier alpha value is -2.45. The van der Waals surface area contributed by atoms with Gasteiger partial charge in [-0.05, 0) is 47.0 Å². The van der Waals surface area contributed by atoms with E-state index in [0.29, 0.717) is 28.0 Å². The van der Waals surface area contributed by atoms with E-state index in [4.69, 9.17) is 0 Å². The van der Waals surface area contributed by atoms with E-state index in [0.717, 1.165) is 21.3 Å². The van der Waals surface area contributed by atoms with Crippen molar-refractivity contribution in [3.05, 3.63) is 69.6 Å². The van der Waals surface area contributed by atoms with E-state index in [1.165, 1.54) is 11.8 Å². The van der Waals surface area contributed by atoms with Crippen LogP contribution in [0.1, 0.15) is 27.3 Å². The molecule has 0 saturated carbocycles. The molecule has 0 radical (unpaired) electrons. The molecule has 0 spiro atoms. The van der Waals surface area contributed by atoms with Gasteiger partial charge in [-0.3, -0.25) is 14.5 Å². The molecule has 0 bridgehead atoms. The molecule has 0 fully saturated rings. The minimum atomic E-state index is -0.248. The summed E-state index contributed by atoms with van der Waals surface area (Å²) in [4.78, 5) is 17.4. The molecule has 0 aliphatic carbocycles. The average molecular weight is 442 g/mol. The van der Waals surface area contributed by atoms with E-state index >= 15 is 0 Å². The molecule has 1 aliphatic heterocycles. The molecule has 1 aromatic carbocycles. The van der Waals surface area contributed by atoms with Gasteiger partial charge in [0.2, 0.25) is 0 Å². The average Bonchev–Trinajstić information content (AvgIpc) is 2.99. The van der Waals surface area contributed by atoms with Gasteiger partial charge in [-0.2, -0.15) is 5.10 Å². The molecule has 1 N–H and O–H groups in total. The standard InChI is InChI=1S/C19H16BrN5OS/c1-11-8-14(20)17-21-12(2)16(25(17)9-11)18(26)22-19-24-23-15(10-27-19)13-6-4-3-5-7-13/h3-9H,10H2,1-2H3,(H,22,24,26). The third-order valence-electron chi connectivity index (χ3n) is 4.14. The molecule has 136 valence electrons. The highest BCUT2D eigenvalue weighted by atomic mass is 79.9. The molecule has 6 nitrogen and oxygen atoms in total. The van der Waals surface area contributed by atoms with Crippen LogP contribution in [0.5, 0.6) is 0 Å². The first-order valence-electron chi connectivity index (χ1n) is 8.32. The summed E-state index contributed by atoms with van der Waals surface area (Å²) in [5, 5.41) is 11.8. The van der Waals surface area contributed by atoms with Crippen molar-refractivity contribution in [2.75, 3.05) is 5.75 Å². The van der Waals surface area contributed by atoms with Crippen LogP contribution in [0.15, 0.2) is 57.3 Å². The highest BCUT2D eigenvalue weighted by molar-refractivity contribution is 9.10. The van der Waals surface area contributed by atoms with Crippen LogP contribution in [-0.4, -0.2) is 31.9 Å². The van der Waals surface area contributed by atoms with E-state index in [9.17, 15) is 4.79 Å². The number of nitrogens with one attached hydrogen (secondary N) is 1. The third kappa shape index (κ3) is 3.54. The van der Waals surface area contributed by atoms with Gasteiger partial charge >= 0.3 is 0 Å². The maximum Gasteiger partial charge on any atom is 0.276 e. The summed E-state index contributed by atoms with van der Waals surface area (Å²) in [5.41, 5.74) is 4.83. The molecule has 3 heterocycles. The van der Waals surface area contributed by atoms with Crippen molar-refractivity contribution in [3.8, 4) is 0 Å². The van der Waals surface area contributed by atoms with Gasteiger partial charge in [0.25, 0.3) is 5.91 Å². The van der Waals surface area contributed by atoms with Gasteiger partial charge in [0, 0.05) is 11.9 Å². The number of pyridine rings is 1. The molecular weight excluding hydrogens is 426 g/mol. The summed E-state index contributed by atoms with van der Waals surface area (Å²) in [6, 6.07) is 11.9. The van der Waals surface area contributed by atoms with Crippen LogP contribution in [-0.2, 0) is 0 Å². The zero-order valence-electron chi connectivity index (χ0n) is 14.7. The molecular formula is C19H16BrN5OS. The van der Waals surface area contributed by atoms with Crippen LogP contribution < -0.4 is 5.32 Å². The van der Waals surface area contributed by atoms with Gasteiger partial charge in [0.05, 0.1) is 15.9 Å². The number of aryl methyl sites for hydroxylation is 2. The fraction of sp³-hybridized carbons (Fsp3) is 0.158. The van der Waals surface area contributed by atoms with Crippen molar-refractivity contribution < 1.29 is 4.79 Å². The number of imidazole rings is 1. The van der Waals surface area contributed by atoms with Gasteiger partial charge in [-0.15, -0.1) is 5.10 Å². The van der Waals surface area contributed by atoms with Crippen LogP contribution in [0.25, 0.3) is 5.65 Å². The fourth-order valence-electron chi connectivity index (χ4n) is 2.91. The number of halogens is 1. The summed E-state index contributed by atoms with van der Waals surface area (Å²) in [6.45, 7) is 3.80. The number of fused-ring (bicyclic) bond motifs is 1. The number of hydrogen-bond donors (Lipinski definition) is 1. The van der Waals surface area contributed by atoms with E-state index in [-0.39, 0.29) is 5.91 Å². The highest BCUT2D eigenvalue weighted by Gasteiger charge is 2.21. The number of aromatic nitrogens is 2. The Labute approximate surface area is 168 Å². The number of carbonyl (C=O) groups is 1. The van der Waals surface area contributed by atoms with E-state index < -0.39 is 0 Å². The van der Waals surface area contributed by atoms with Crippen molar-refractivity contribution in [2.24, 2.45) is 10.2 Å². The van der Waals surface area contributed by atoms with Crippen molar-refractivity contribution >= 4 is 50.1 Å². The topological polar surface area (TPSA) is 71.1 Å². The maximum absolute atomic E-state index is 12.9. The molecule has 0 saturated heterocycles.